The van der Waals surface area contributed by atoms with Gasteiger partial charge in [0.2, 0.25) is 5.91 Å². The molecule has 1 saturated carbocycles. The summed E-state index contributed by atoms with van der Waals surface area (Å²) in [6.45, 7) is 1.11. The van der Waals surface area contributed by atoms with Gasteiger partial charge in [0.05, 0.1) is 37.8 Å². The highest BCUT2D eigenvalue weighted by atomic mass is 16.5. The quantitative estimate of drug-likeness (QED) is 0.831. The fourth-order valence-electron chi connectivity index (χ4n) is 2.91. The zero-order chi connectivity index (χ0) is 16.5. The maximum absolute atomic E-state index is 12.3. The molecule has 1 N–H and O–H groups in total. The van der Waals surface area contributed by atoms with Crippen molar-refractivity contribution in [3.63, 3.8) is 0 Å². The van der Waals surface area contributed by atoms with E-state index < -0.39 is 0 Å². The van der Waals surface area contributed by atoms with Gasteiger partial charge < -0.3 is 14.8 Å². The van der Waals surface area contributed by atoms with Gasteiger partial charge >= 0.3 is 0 Å². The average molecular weight is 331 g/mol. The summed E-state index contributed by atoms with van der Waals surface area (Å²) in [6, 6.07) is -0.170. The maximum Gasteiger partial charge on any atom is 0.242 e. The molecular formula is C16H21N5O3. The Morgan fingerprint density at radius 3 is 2.96 bits per heavy atom. The number of nitrogens with zero attached hydrogens (tertiary/aromatic N) is 4. The largest absolute Gasteiger partial charge is 0.482 e. The third-order valence-corrected chi connectivity index (χ3v) is 4.35. The lowest BCUT2D eigenvalue weighted by atomic mass is 10.2. The number of aryl methyl sites for hydroxylation is 1. The van der Waals surface area contributed by atoms with Gasteiger partial charge in [-0.1, -0.05) is 0 Å². The molecule has 1 amide bonds. The highest BCUT2D eigenvalue weighted by molar-refractivity contribution is 5.76. The van der Waals surface area contributed by atoms with Crippen molar-refractivity contribution in [1.82, 2.24) is 24.9 Å². The minimum absolute atomic E-state index is 0.0873. The molecule has 8 nitrogen and oxygen atoms in total. The Labute approximate surface area is 139 Å². The van der Waals surface area contributed by atoms with Crippen molar-refractivity contribution < 1.29 is 14.3 Å². The molecular weight excluding hydrogens is 310 g/mol. The Bertz CT molecular complexity index is 721. The second-order valence-electron chi connectivity index (χ2n) is 6.46. The fraction of sp³-hybridized carbons (Fsp3) is 0.562. The van der Waals surface area contributed by atoms with Gasteiger partial charge in [0.15, 0.2) is 5.75 Å². The monoisotopic (exact) mass is 331 g/mol. The molecule has 8 heteroatoms. The molecule has 2 aromatic rings. The second kappa shape index (κ2) is 6.27. The zero-order valence-electron chi connectivity index (χ0n) is 13.6. The Kier molecular flexibility index (Phi) is 3.97. The number of carbonyl (C=O) groups excluding carboxylic acids is 1. The van der Waals surface area contributed by atoms with Gasteiger partial charge in [-0.05, 0) is 24.3 Å². The summed E-state index contributed by atoms with van der Waals surface area (Å²) in [6.07, 6.45) is 9.51. The van der Waals surface area contributed by atoms with E-state index in [9.17, 15) is 4.79 Å². The Hall–Kier alpha value is -2.35. The van der Waals surface area contributed by atoms with Gasteiger partial charge in [-0.25, -0.2) is 0 Å². The topological polar surface area (TPSA) is 83.2 Å². The number of aromatic nitrogens is 4. The third kappa shape index (κ3) is 3.43. The van der Waals surface area contributed by atoms with Crippen molar-refractivity contribution in [1.29, 1.82) is 0 Å². The lowest BCUT2D eigenvalue weighted by Crippen LogP contribution is -2.46. The van der Waals surface area contributed by atoms with Crippen LogP contribution in [0.1, 0.15) is 24.3 Å². The number of rotatable bonds is 6. The van der Waals surface area contributed by atoms with Crippen LogP contribution in [-0.4, -0.2) is 50.8 Å². The summed E-state index contributed by atoms with van der Waals surface area (Å²) in [7, 11) is 1.83. The van der Waals surface area contributed by atoms with Crippen molar-refractivity contribution in [2.45, 2.75) is 37.5 Å². The molecule has 0 aromatic carbocycles. The minimum atomic E-state index is -0.210. The van der Waals surface area contributed by atoms with E-state index in [1.807, 2.05) is 19.4 Å². The van der Waals surface area contributed by atoms with Gasteiger partial charge in [0, 0.05) is 13.2 Å². The third-order valence-electron chi connectivity index (χ3n) is 4.35. The van der Waals surface area contributed by atoms with Gasteiger partial charge in [0.1, 0.15) is 12.6 Å². The average Bonchev–Trinajstić information content (AvgIpc) is 2.92. The number of amides is 1. The van der Waals surface area contributed by atoms with Crippen LogP contribution in [0, 0.1) is 0 Å². The normalized spacial score (nSPS) is 23.4. The summed E-state index contributed by atoms with van der Waals surface area (Å²) in [5.41, 5.74) is 1.23. The molecule has 0 radical (unpaired) electrons. The number of hydrogen-bond acceptors (Lipinski definition) is 5. The van der Waals surface area contributed by atoms with E-state index in [1.54, 1.807) is 21.8 Å². The van der Waals surface area contributed by atoms with Gasteiger partial charge in [-0.2, -0.15) is 10.2 Å². The summed E-state index contributed by atoms with van der Waals surface area (Å²) in [5.74, 6) is 1.23. The molecule has 2 atom stereocenters. The number of ether oxygens (including phenoxy) is 2. The molecule has 24 heavy (non-hydrogen) atoms. The van der Waals surface area contributed by atoms with E-state index in [-0.39, 0.29) is 24.6 Å². The van der Waals surface area contributed by atoms with Crippen LogP contribution in [0.25, 0.3) is 0 Å². The molecule has 2 aliphatic rings. The van der Waals surface area contributed by atoms with Crippen molar-refractivity contribution in [2.75, 3.05) is 13.2 Å². The molecule has 1 aliphatic heterocycles. The molecule has 3 heterocycles. The summed E-state index contributed by atoms with van der Waals surface area (Å²) < 4.78 is 14.7. The fourth-order valence-corrected chi connectivity index (χ4v) is 2.91. The van der Waals surface area contributed by atoms with Crippen LogP contribution in [-0.2, 0) is 23.1 Å². The van der Waals surface area contributed by atoms with Crippen LogP contribution in [0.2, 0.25) is 0 Å². The molecule has 0 bridgehead atoms. The van der Waals surface area contributed by atoms with E-state index in [2.05, 4.69) is 15.5 Å². The van der Waals surface area contributed by atoms with E-state index >= 15 is 0 Å². The molecule has 128 valence electrons. The Morgan fingerprint density at radius 2 is 2.21 bits per heavy atom. The first-order valence-electron chi connectivity index (χ1n) is 8.22. The number of nitrogens with one attached hydrogen (secondary N) is 1. The van der Waals surface area contributed by atoms with Crippen molar-refractivity contribution in [3.8, 4) is 5.75 Å². The number of hydrogen-bond donors (Lipinski definition) is 1. The molecule has 1 aliphatic carbocycles. The molecule has 1 saturated heterocycles. The van der Waals surface area contributed by atoms with E-state index in [0.717, 1.165) is 0 Å². The van der Waals surface area contributed by atoms with Crippen LogP contribution in [0.15, 0.2) is 24.8 Å². The molecule has 2 aromatic heterocycles. The van der Waals surface area contributed by atoms with E-state index in [1.165, 1.54) is 18.4 Å². The smallest absolute Gasteiger partial charge is 0.242 e. The van der Waals surface area contributed by atoms with Crippen molar-refractivity contribution >= 4 is 5.91 Å². The molecule has 0 spiro atoms. The number of carbonyl (C=O) groups is 1. The van der Waals surface area contributed by atoms with Crippen LogP contribution >= 0.6 is 0 Å². The second-order valence-corrected chi connectivity index (χ2v) is 6.46. The van der Waals surface area contributed by atoms with Gasteiger partial charge in [-0.3, -0.25) is 14.2 Å². The standard InChI is InChI=1S/C16H21N5O3/c1-20-7-13(5-17-20)24-15-10-23-9-14(15)19-16(22)8-21-6-12(4-18-21)11-2-3-11/h4-7,11,14-15H,2-3,8-10H2,1H3,(H,19,22)/t14-,15+/m0/s1. The summed E-state index contributed by atoms with van der Waals surface area (Å²) in [5, 5.41) is 11.3. The Morgan fingerprint density at radius 1 is 1.33 bits per heavy atom. The highest BCUT2D eigenvalue weighted by Crippen LogP contribution is 2.39. The van der Waals surface area contributed by atoms with Crippen molar-refractivity contribution in [3.05, 3.63) is 30.4 Å². The molecule has 2 fully saturated rings. The first-order chi connectivity index (χ1) is 11.7. The first-order valence-corrected chi connectivity index (χ1v) is 8.22. The predicted octanol–water partition coefficient (Wildman–Crippen LogP) is 0.457. The lowest BCUT2D eigenvalue weighted by Gasteiger charge is -2.19. The van der Waals surface area contributed by atoms with E-state index in [4.69, 9.17) is 9.47 Å². The van der Waals surface area contributed by atoms with Crippen LogP contribution in [0.5, 0.6) is 5.75 Å². The minimum Gasteiger partial charge on any atom is -0.482 e. The van der Waals surface area contributed by atoms with Gasteiger partial charge in [0.25, 0.3) is 0 Å². The van der Waals surface area contributed by atoms with Crippen LogP contribution in [0.3, 0.4) is 0 Å². The molecule has 0 unspecified atom stereocenters. The van der Waals surface area contributed by atoms with E-state index in [0.29, 0.717) is 24.9 Å². The van der Waals surface area contributed by atoms with Crippen molar-refractivity contribution in [2.24, 2.45) is 7.05 Å². The lowest BCUT2D eigenvalue weighted by molar-refractivity contribution is -0.123. The molecule has 4 rings (SSSR count). The summed E-state index contributed by atoms with van der Waals surface area (Å²) in [4.78, 5) is 12.3. The zero-order valence-corrected chi connectivity index (χ0v) is 13.6. The highest BCUT2D eigenvalue weighted by Gasteiger charge is 2.32. The SMILES string of the molecule is Cn1cc(O[C@@H]2COC[C@@H]2NC(=O)Cn2cc(C3CC3)cn2)cn1. The first kappa shape index (κ1) is 15.2. The van der Waals surface area contributed by atoms with Gasteiger partial charge in [-0.15, -0.1) is 0 Å². The van der Waals surface area contributed by atoms with Crippen LogP contribution in [0.4, 0.5) is 0 Å². The van der Waals surface area contributed by atoms with Crippen LogP contribution < -0.4 is 10.1 Å². The Balaban J connectivity index is 1.31. The maximum atomic E-state index is 12.3. The predicted molar refractivity (Wildman–Crippen MR) is 84.6 cm³/mol. The summed E-state index contributed by atoms with van der Waals surface area (Å²) >= 11 is 0.